The molecule has 3 heteroatoms. The van der Waals surface area contributed by atoms with Gasteiger partial charge in [0, 0.05) is 11.0 Å². The molecule has 1 aromatic carbocycles. The van der Waals surface area contributed by atoms with Gasteiger partial charge in [0.1, 0.15) is 5.75 Å². The van der Waals surface area contributed by atoms with Crippen molar-refractivity contribution >= 4 is 5.97 Å². The zero-order chi connectivity index (χ0) is 15.6. The van der Waals surface area contributed by atoms with Crippen molar-refractivity contribution < 1.29 is 14.6 Å². The largest absolute Gasteiger partial charge is 0.493 e. The van der Waals surface area contributed by atoms with Gasteiger partial charge in [-0.25, -0.2) is 0 Å². The van der Waals surface area contributed by atoms with E-state index < -0.39 is 11.4 Å². The summed E-state index contributed by atoms with van der Waals surface area (Å²) >= 11 is 0. The summed E-state index contributed by atoms with van der Waals surface area (Å²) < 4.78 is 6.10. The lowest BCUT2D eigenvalue weighted by molar-refractivity contribution is -0.138. The highest BCUT2D eigenvalue weighted by atomic mass is 16.5. The number of aliphatic carboxylic acids is 1. The molecule has 0 aromatic heterocycles. The van der Waals surface area contributed by atoms with E-state index in [0.29, 0.717) is 5.92 Å². The van der Waals surface area contributed by atoms with E-state index in [-0.39, 0.29) is 6.42 Å². The molecule has 0 heterocycles. The highest BCUT2D eigenvalue weighted by Crippen LogP contribution is 2.38. The van der Waals surface area contributed by atoms with E-state index in [0.717, 1.165) is 29.0 Å². The molecule has 0 atom stereocenters. The van der Waals surface area contributed by atoms with Gasteiger partial charge in [-0.15, -0.1) is 0 Å². The fourth-order valence-electron chi connectivity index (χ4n) is 2.98. The number of carboxylic acids is 1. The molecule has 1 N–H and O–H groups in total. The first-order chi connectivity index (χ1) is 9.79. The smallest absolute Gasteiger partial charge is 0.304 e. The SMILES string of the molecule is Cc1cc(C)c(OCC2CCC2)c(C(C)(C)CC(=O)O)c1. The van der Waals surface area contributed by atoms with Crippen molar-refractivity contribution in [2.24, 2.45) is 5.92 Å². The standard InChI is InChI=1S/C18H26O3/c1-12-8-13(2)17(21-11-14-6-5-7-14)15(9-12)18(3,4)10-16(19)20/h8-9,14H,5-7,10-11H2,1-4H3,(H,19,20). The lowest BCUT2D eigenvalue weighted by atomic mass is 9.79. The molecule has 0 amide bonds. The Kier molecular flexibility index (Phi) is 4.60. The number of rotatable bonds is 6. The average molecular weight is 290 g/mol. The van der Waals surface area contributed by atoms with E-state index in [2.05, 4.69) is 12.1 Å². The number of hydrogen-bond donors (Lipinski definition) is 1. The van der Waals surface area contributed by atoms with Gasteiger partial charge in [0.15, 0.2) is 0 Å². The maximum atomic E-state index is 11.2. The van der Waals surface area contributed by atoms with Crippen molar-refractivity contribution in [2.45, 2.75) is 58.8 Å². The van der Waals surface area contributed by atoms with Crippen LogP contribution in [0.5, 0.6) is 5.75 Å². The van der Waals surface area contributed by atoms with E-state index in [1.54, 1.807) is 0 Å². The van der Waals surface area contributed by atoms with Gasteiger partial charge in [-0.2, -0.15) is 0 Å². The second-order valence-corrected chi connectivity index (χ2v) is 7.02. The molecule has 0 bridgehead atoms. The Hall–Kier alpha value is -1.51. The molecule has 0 radical (unpaired) electrons. The Labute approximate surface area is 127 Å². The van der Waals surface area contributed by atoms with E-state index in [1.807, 2.05) is 27.7 Å². The number of carboxylic acid groups (broad SMARTS) is 1. The van der Waals surface area contributed by atoms with Gasteiger partial charge in [0.05, 0.1) is 13.0 Å². The van der Waals surface area contributed by atoms with Gasteiger partial charge < -0.3 is 9.84 Å². The first kappa shape index (κ1) is 15.9. The molecule has 1 fully saturated rings. The highest BCUT2D eigenvalue weighted by molar-refractivity contribution is 5.69. The molecule has 116 valence electrons. The second kappa shape index (κ2) is 6.08. The van der Waals surface area contributed by atoms with Crippen LogP contribution in [0, 0.1) is 19.8 Å². The number of carbonyl (C=O) groups is 1. The molecule has 21 heavy (non-hydrogen) atoms. The summed E-state index contributed by atoms with van der Waals surface area (Å²) in [4.78, 5) is 11.2. The Bertz CT molecular complexity index is 528. The van der Waals surface area contributed by atoms with Gasteiger partial charge in [0.25, 0.3) is 0 Å². The molecule has 0 aliphatic heterocycles. The maximum absolute atomic E-state index is 11.2. The maximum Gasteiger partial charge on any atom is 0.304 e. The Morgan fingerprint density at radius 1 is 1.33 bits per heavy atom. The number of benzene rings is 1. The summed E-state index contributed by atoms with van der Waals surface area (Å²) in [5, 5.41) is 9.16. The highest BCUT2D eigenvalue weighted by Gasteiger charge is 2.29. The van der Waals surface area contributed by atoms with Crippen LogP contribution in [0.1, 0.15) is 56.2 Å². The van der Waals surface area contributed by atoms with Crippen LogP contribution in [0.25, 0.3) is 0 Å². The molecular formula is C18H26O3. The van der Waals surface area contributed by atoms with E-state index in [9.17, 15) is 4.79 Å². The van der Waals surface area contributed by atoms with Crippen molar-refractivity contribution in [2.75, 3.05) is 6.61 Å². The van der Waals surface area contributed by atoms with Crippen molar-refractivity contribution in [1.82, 2.24) is 0 Å². The van der Waals surface area contributed by atoms with E-state index in [4.69, 9.17) is 9.84 Å². The lowest BCUT2D eigenvalue weighted by Crippen LogP contribution is -2.25. The number of ether oxygens (including phenoxy) is 1. The molecule has 3 nitrogen and oxygen atoms in total. The molecular weight excluding hydrogens is 264 g/mol. The molecule has 1 saturated carbocycles. The molecule has 0 unspecified atom stereocenters. The summed E-state index contributed by atoms with van der Waals surface area (Å²) in [6.45, 7) is 8.80. The van der Waals surface area contributed by atoms with Gasteiger partial charge >= 0.3 is 5.97 Å². The summed E-state index contributed by atoms with van der Waals surface area (Å²) in [5.41, 5.74) is 2.83. The Balaban J connectivity index is 2.30. The van der Waals surface area contributed by atoms with Crippen LogP contribution in [-0.4, -0.2) is 17.7 Å². The Morgan fingerprint density at radius 2 is 2.00 bits per heavy atom. The first-order valence-corrected chi connectivity index (χ1v) is 7.76. The van der Waals surface area contributed by atoms with Crippen LogP contribution >= 0.6 is 0 Å². The van der Waals surface area contributed by atoms with Crippen LogP contribution in [0.3, 0.4) is 0 Å². The number of aryl methyl sites for hydroxylation is 2. The summed E-state index contributed by atoms with van der Waals surface area (Å²) in [6.07, 6.45) is 3.91. The fourth-order valence-corrected chi connectivity index (χ4v) is 2.98. The molecule has 1 aliphatic rings. The van der Waals surface area contributed by atoms with E-state index >= 15 is 0 Å². The normalized spacial score (nSPS) is 15.6. The summed E-state index contributed by atoms with van der Waals surface area (Å²) in [5.74, 6) is 0.781. The minimum absolute atomic E-state index is 0.107. The molecule has 1 aromatic rings. The number of hydrogen-bond acceptors (Lipinski definition) is 2. The zero-order valence-electron chi connectivity index (χ0n) is 13.5. The molecule has 2 rings (SSSR count). The summed E-state index contributed by atoms with van der Waals surface area (Å²) in [6, 6.07) is 4.18. The van der Waals surface area contributed by atoms with Crippen LogP contribution in [0.4, 0.5) is 0 Å². The third kappa shape index (κ3) is 3.78. The fraction of sp³-hybridized carbons (Fsp3) is 0.611. The van der Waals surface area contributed by atoms with Crippen LogP contribution in [0.15, 0.2) is 12.1 Å². The molecule has 0 spiro atoms. The van der Waals surface area contributed by atoms with Crippen molar-refractivity contribution in [3.05, 3.63) is 28.8 Å². The van der Waals surface area contributed by atoms with Crippen LogP contribution in [0.2, 0.25) is 0 Å². The van der Waals surface area contributed by atoms with Crippen LogP contribution in [-0.2, 0) is 10.2 Å². The third-order valence-corrected chi connectivity index (χ3v) is 4.43. The average Bonchev–Trinajstić information content (AvgIpc) is 2.27. The minimum Gasteiger partial charge on any atom is -0.493 e. The topological polar surface area (TPSA) is 46.5 Å². The first-order valence-electron chi connectivity index (χ1n) is 7.76. The van der Waals surface area contributed by atoms with Gasteiger partial charge in [-0.3, -0.25) is 4.79 Å². The van der Waals surface area contributed by atoms with Gasteiger partial charge in [0.2, 0.25) is 0 Å². The van der Waals surface area contributed by atoms with Gasteiger partial charge in [-0.1, -0.05) is 38.0 Å². The second-order valence-electron chi connectivity index (χ2n) is 7.02. The predicted molar refractivity (Wildman–Crippen MR) is 84.0 cm³/mol. The van der Waals surface area contributed by atoms with Gasteiger partial charge in [-0.05, 0) is 38.2 Å². The predicted octanol–water partition coefficient (Wildman–Crippen LogP) is 4.23. The van der Waals surface area contributed by atoms with Crippen molar-refractivity contribution in [3.63, 3.8) is 0 Å². The summed E-state index contributed by atoms with van der Waals surface area (Å²) in [7, 11) is 0. The quantitative estimate of drug-likeness (QED) is 0.852. The third-order valence-electron chi connectivity index (χ3n) is 4.43. The zero-order valence-corrected chi connectivity index (χ0v) is 13.5. The minimum atomic E-state index is -0.774. The molecule has 1 aliphatic carbocycles. The van der Waals surface area contributed by atoms with E-state index in [1.165, 1.54) is 19.3 Å². The monoisotopic (exact) mass is 290 g/mol. The van der Waals surface area contributed by atoms with Crippen molar-refractivity contribution in [1.29, 1.82) is 0 Å². The molecule has 0 saturated heterocycles. The van der Waals surface area contributed by atoms with Crippen LogP contribution < -0.4 is 4.74 Å². The Morgan fingerprint density at radius 3 is 2.52 bits per heavy atom. The van der Waals surface area contributed by atoms with Crippen molar-refractivity contribution in [3.8, 4) is 5.75 Å². The lowest BCUT2D eigenvalue weighted by Gasteiger charge is -2.30.